The van der Waals surface area contributed by atoms with Crippen molar-refractivity contribution in [2.75, 3.05) is 37.6 Å². The van der Waals surface area contributed by atoms with Crippen LogP contribution in [0, 0.1) is 5.92 Å². The summed E-state index contributed by atoms with van der Waals surface area (Å²) in [4.78, 5) is 19.1. The first-order valence-electron chi connectivity index (χ1n) is 9.15. The molecule has 1 aliphatic heterocycles. The third-order valence-electron chi connectivity index (χ3n) is 5.55. The Morgan fingerprint density at radius 3 is 2.48 bits per heavy atom. The Labute approximate surface area is 159 Å². The summed E-state index contributed by atoms with van der Waals surface area (Å²) < 4.78 is 0. The quantitative estimate of drug-likeness (QED) is 0.559. The van der Waals surface area contributed by atoms with Crippen LogP contribution in [0.2, 0.25) is 10.0 Å². The van der Waals surface area contributed by atoms with Gasteiger partial charge >= 0.3 is 0 Å². The average molecular weight is 382 g/mol. The van der Waals surface area contributed by atoms with Gasteiger partial charge in [0.2, 0.25) is 6.08 Å². The molecular formula is C19H25Cl2N3O. The number of nitrogens with zero attached hydrogens (tertiary/aromatic N) is 3. The van der Waals surface area contributed by atoms with E-state index in [4.69, 9.17) is 23.2 Å². The molecule has 136 valence electrons. The maximum Gasteiger partial charge on any atom is 0.235 e. The van der Waals surface area contributed by atoms with Crippen LogP contribution in [0.4, 0.5) is 5.69 Å². The van der Waals surface area contributed by atoms with E-state index in [1.165, 1.54) is 19.3 Å². The lowest BCUT2D eigenvalue weighted by Crippen LogP contribution is -2.47. The van der Waals surface area contributed by atoms with Gasteiger partial charge in [0.25, 0.3) is 0 Å². The predicted molar refractivity (Wildman–Crippen MR) is 104 cm³/mol. The van der Waals surface area contributed by atoms with Crippen LogP contribution in [0.25, 0.3) is 0 Å². The molecule has 1 aromatic rings. The van der Waals surface area contributed by atoms with Gasteiger partial charge in [0.1, 0.15) is 0 Å². The molecule has 0 N–H and O–H groups in total. The second-order valence-corrected chi connectivity index (χ2v) is 7.87. The summed E-state index contributed by atoms with van der Waals surface area (Å²) in [5.41, 5.74) is 1.04. The van der Waals surface area contributed by atoms with E-state index in [0.717, 1.165) is 57.2 Å². The number of benzene rings is 1. The Bertz CT molecular complexity index is 617. The van der Waals surface area contributed by atoms with Crippen LogP contribution in [-0.4, -0.2) is 49.7 Å². The molecule has 1 aromatic carbocycles. The standard InChI is InChI=1S/C19H25Cl2N3O/c20-17-2-1-3-18(19(17)21)24-12-10-23(11-13-24)9-8-15-4-6-16(7-5-15)22-14-25/h1-3,15-16H,4-13H2. The number of aliphatic imine (C=N–C) groups is 1. The maximum atomic E-state index is 10.3. The molecule has 0 radical (unpaired) electrons. The lowest BCUT2D eigenvalue weighted by molar-refractivity contribution is 0.217. The van der Waals surface area contributed by atoms with Crippen LogP contribution in [-0.2, 0) is 4.79 Å². The van der Waals surface area contributed by atoms with Gasteiger partial charge in [-0.2, -0.15) is 0 Å². The molecule has 0 spiro atoms. The molecule has 0 atom stereocenters. The van der Waals surface area contributed by atoms with Gasteiger partial charge in [-0.25, -0.2) is 9.79 Å². The van der Waals surface area contributed by atoms with Gasteiger partial charge in [-0.3, -0.25) is 4.90 Å². The van der Waals surface area contributed by atoms with Crippen LogP contribution in [0.15, 0.2) is 23.2 Å². The summed E-state index contributed by atoms with van der Waals surface area (Å²) >= 11 is 12.5. The molecular weight excluding hydrogens is 357 g/mol. The van der Waals surface area contributed by atoms with Crippen molar-refractivity contribution in [1.29, 1.82) is 0 Å². The van der Waals surface area contributed by atoms with Crippen molar-refractivity contribution < 1.29 is 4.79 Å². The number of halogens is 2. The number of hydrogen-bond donors (Lipinski definition) is 0. The largest absolute Gasteiger partial charge is 0.368 e. The summed E-state index contributed by atoms with van der Waals surface area (Å²) in [6.45, 7) is 5.26. The molecule has 0 aromatic heterocycles. The molecule has 2 fully saturated rings. The van der Waals surface area contributed by atoms with Crippen molar-refractivity contribution in [3.05, 3.63) is 28.2 Å². The lowest BCUT2D eigenvalue weighted by Gasteiger charge is -2.37. The number of anilines is 1. The van der Waals surface area contributed by atoms with Crippen LogP contribution < -0.4 is 4.90 Å². The molecule has 0 amide bonds. The number of piperazine rings is 1. The molecule has 6 heteroatoms. The SMILES string of the molecule is O=C=NC1CCC(CCN2CCN(c3cccc(Cl)c3Cl)CC2)CC1. The van der Waals surface area contributed by atoms with Gasteiger partial charge in [-0.1, -0.05) is 29.3 Å². The van der Waals surface area contributed by atoms with E-state index in [-0.39, 0.29) is 6.04 Å². The Hall–Kier alpha value is -1.06. The minimum absolute atomic E-state index is 0.222. The molecule has 25 heavy (non-hydrogen) atoms. The first-order chi connectivity index (χ1) is 12.2. The third kappa shape index (κ3) is 4.98. The molecule has 1 aliphatic carbocycles. The van der Waals surface area contributed by atoms with Crippen molar-refractivity contribution in [2.24, 2.45) is 10.9 Å². The van der Waals surface area contributed by atoms with E-state index in [1.54, 1.807) is 6.08 Å². The lowest BCUT2D eigenvalue weighted by atomic mass is 9.84. The average Bonchev–Trinajstić information content (AvgIpc) is 2.64. The molecule has 2 aliphatic rings. The zero-order valence-electron chi connectivity index (χ0n) is 14.5. The van der Waals surface area contributed by atoms with Crippen LogP contribution in [0.3, 0.4) is 0 Å². The monoisotopic (exact) mass is 381 g/mol. The van der Waals surface area contributed by atoms with E-state index < -0.39 is 0 Å². The van der Waals surface area contributed by atoms with E-state index in [9.17, 15) is 4.79 Å². The highest BCUT2D eigenvalue weighted by Crippen LogP contribution is 2.33. The fraction of sp³-hybridized carbons (Fsp3) is 0.632. The number of rotatable bonds is 5. The van der Waals surface area contributed by atoms with Gasteiger partial charge < -0.3 is 4.90 Å². The van der Waals surface area contributed by atoms with Crippen molar-refractivity contribution in [1.82, 2.24) is 4.90 Å². The zero-order chi connectivity index (χ0) is 17.6. The van der Waals surface area contributed by atoms with E-state index in [2.05, 4.69) is 14.8 Å². The van der Waals surface area contributed by atoms with Gasteiger partial charge in [0, 0.05) is 26.2 Å². The molecule has 0 unspecified atom stereocenters. The van der Waals surface area contributed by atoms with Crippen LogP contribution >= 0.6 is 23.2 Å². The van der Waals surface area contributed by atoms with Gasteiger partial charge in [-0.05, 0) is 56.7 Å². The summed E-state index contributed by atoms with van der Waals surface area (Å²) in [5.74, 6) is 0.776. The zero-order valence-corrected chi connectivity index (χ0v) is 16.0. The maximum absolute atomic E-state index is 10.3. The van der Waals surface area contributed by atoms with E-state index in [1.807, 2.05) is 18.2 Å². The van der Waals surface area contributed by atoms with Crippen molar-refractivity contribution in [3.63, 3.8) is 0 Å². The molecule has 4 nitrogen and oxygen atoms in total. The second kappa shape index (κ2) is 9.05. The normalized spacial score (nSPS) is 24.8. The first kappa shape index (κ1) is 18.7. The van der Waals surface area contributed by atoms with Crippen molar-refractivity contribution in [2.45, 2.75) is 38.1 Å². The predicted octanol–water partition coefficient (Wildman–Crippen LogP) is 4.40. The van der Waals surface area contributed by atoms with Crippen molar-refractivity contribution in [3.8, 4) is 0 Å². The van der Waals surface area contributed by atoms with Crippen LogP contribution in [0.5, 0.6) is 0 Å². The highest BCUT2D eigenvalue weighted by Gasteiger charge is 2.23. The fourth-order valence-corrected chi connectivity index (χ4v) is 4.37. The Kier molecular flexibility index (Phi) is 6.77. The fourth-order valence-electron chi connectivity index (χ4n) is 3.95. The van der Waals surface area contributed by atoms with Crippen LogP contribution in [0.1, 0.15) is 32.1 Å². The molecule has 1 saturated heterocycles. The van der Waals surface area contributed by atoms with E-state index in [0.29, 0.717) is 10.0 Å². The van der Waals surface area contributed by atoms with Crippen molar-refractivity contribution >= 4 is 35.0 Å². The Balaban J connectivity index is 1.41. The van der Waals surface area contributed by atoms with Gasteiger partial charge in [-0.15, -0.1) is 0 Å². The minimum Gasteiger partial charge on any atom is -0.368 e. The number of isocyanates is 1. The summed E-state index contributed by atoms with van der Waals surface area (Å²) in [6.07, 6.45) is 7.41. The molecule has 0 bridgehead atoms. The number of carbonyl (C=O) groups excluding carboxylic acids is 1. The van der Waals surface area contributed by atoms with Gasteiger partial charge in [0.05, 0.1) is 21.8 Å². The smallest absolute Gasteiger partial charge is 0.235 e. The topological polar surface area (TPSA) is 35.9 Å². The van der Waals surface area contributed by atoms with Gasteiger partial charge in [0.15, 0.2) is 0 Å². The summed E-state index contributed by atoms with van der Waals surface area (Å²) in [6, 6.07) is 6.06. The molecule has 3 rings (SSSR count). The number of hydrogen-bond acceptors (Lipinski definition) is 4. The summed E-state index contributed by atoms with van der Waals surface area (Å²) in [7, 11) is 0. The molecule has 1 saturated carbocycles. The minimum atomic E-state index is 0.222. The Morgan fingerprint density at radius 1 is 1.08 bits per heavy atom. The Morgan fingerprint density at radius 2 is 1.80 bits per heavy atom. The molecule has 1 heterocycles. The van der Waals surface area contributed by atoms with E-state index >= 15 is 0 Å². The second-order valence-electron chi connectivity index (χ2n) is 7.09. The summed E-state index contributed by atoms with van der Waals surface area (Å²) in [5, 5.41) is 1.28. The first-order valence-corrected chi connectivity index (χ1v) is 9.91. The highest BCUT2D eigenvalue weighted by atomic mass is 35.5. The highest BCUT2D eigenvalue weighted by molar-refractivity contribution is 6.43. The third-order valence-corrected chi connectivity index (χ3v) is 6.36.